The molecule has 0 unspecified atom stereocenters. The van der Waals surface area contributed by atoms with E-state index in [1.54, 1.807) is 30.0 Å². The highest BCUT2D eigenvalue weighted by Crippen LogP contribution is 2.26. The maximum Gasteiger partial charge on any atom is 0.276 e. The van der Waals surface area contributed by atoms with Gasteiger partial charge in [0, 0.05) is 11.6 Å². The second kappa shape index (κ2) is 6.30. The summed E-state index contributed by atoms with van der Waals surface area (Å²) in [5.74, 6) is 0.292. The molecule has 4 heterocycles. The van der Waals surface area contributed by atoms with Crippen LogP contribution in [0.2, 0.25) is 0 Å². The molecular weight excluding hydrogens is 346 g/mol. The van der Waals surface area contributed by atoms with Gasteiger partial charge in [-0.05, 0) is 24.3 Å². The number of anilines is 1. The van der Waals surface area contributed by atoms with Crippen LogP contribution < -0.4 is 5.32 Å². The number of hydrogen-bond acceptors (Lipinski definition) is 8. The van der Waals surface area contributed by atoms with Gasteiger partial charge in [-0.25, -0.2) is 4.98 Å². The molecule has 0 fully saturated rings. The molecular formula is C15H9N5O2S2. The topological polar surface area (TPSA) is 93.8 Å². The van der Waals surface area contributed by atoms with Crippen molar-refractivity contribution < 1.29 is 9.21 Å². The van der Waals surface area contributed by atoms with E-state index in [1.807, 2.05) is 18.2 Å². The molecule has 1 N–H and O–H groups in total. The average Bonchev–Trinajstić information content (AvgIpc) is 3.36. The average molecular weight is 355 g/mol. The van der Waals surface area contributed by atoms with Gasteiger partial charge in [-0.3, -0.25) is 15.1 Å². The lowest BCUT2D eigenvalue weighted by molar-refractivity contribution is 0.102. The van der Waals surface area contributed by atoms with E-state index in [-0.39, 0.29) is 5.91 Å². The Balaban J connectivity index is 1.50. The first-order valence-electron chi connectivity index (χ1n) is 6.85. The van der Waals surface area contributed by atoms with Crippen molar-refractivity contribution >= 4 is 33.7 Å². The van der Waals surface area contributed by atoms with Crippen molar-refractivity contribution in [1.29, 1.82) is 0 Å². The summed E-state index contributed by atoms with van der Waals surface area (Å²) in [5, 5.41) is 14.1. The molecule has 0 saturated heterocycles. The highest BCUT2D eigenvalue weighted by atomic mass is 32.1. The minimum atomic E-state index is -0.340. The van der Waals surface area contributed by atoms with E-state index in [4.69, 9.17) is 4.42 Å². The summed E-state index contributed by atoms with van der Waals surface area (Å²) >= 11 is 2.59. The summed E-state index contributed by atoms with van der Waals surface area (Å²) in [6.07, 6.45) is 3.25. The molecule has 0 spiro atoms. The fourth-order valence-corrected chi connectivity index (χ4v) is 3.40. The number of carbonyl (C=O) groups is 1. The highest BCUT2D eigenvalue weighted by Gasteiger charge is 2.16. The Labute approximate surface area is 144 Å². The summed E-state index contributed by atoms with van der Waals surface area (Å²) in [6, 6.07) is 9.10. The third kappa shape index (κ3) is 2.94. The Kier molecular flexibility index (Phi) is 3.85. The summed E-state index contributed by atoms with van der Waals surface area (Å²) in [6.45, 7) is 0. The third-order valence-electron chi connectivity index (χ3n) is 3.00. The van der Waals surface area contributed by atoms with Crippen molar-refractivity contribution in [3.8, 4) is 21.5 Å². The number of nitrogens with one attached hydrogen (secondary N) is 1. The number of furan rings is 1. The van der Waals surface area contributed by atoms with Crippen molar-refractivity contribution in [2.75, 3.05) is 5.32 Å². The van der Waals surface area contributed by atoms with E-state index in [0.717, 1.165) is 0 Å². The van der Waals surface area contributed by atoms with Crippen molar-refractivity contribution in [3.63, 3.8) is 0 Å². The van der Waals surface area contributed by atoms with E-state index >= 15 is 0 Å². The van der Waals surface area contributed by atoms with E-state index < -0.39 is 0 Å². The molecule has 4 aromatic rings. The smallest absolute Gasteiger partial charge is 0.276 e. The lowest BCUT2D eigenvalue weighted by Crippen LogP contribution is -2.12. The molecule has 0 saturated carbocycles. The molecule has 0 aromatic carbocycles. The van der Waals surface area contributed by atoms with Gasteiger partial charge in [0.2, 0.25) is 5.13 Å². The zero-order chi connectivity index (χ0) is 16.4. The van der Waals surface area contributed by atoms with Crippen LogP contribution in [0.25, 0.3) is 21.5 Å². The Hall–Kier alpha value is -2.91. The van der Waals surface area contributed by atoms with Crippen molar-refractivity contribution in [3.05, 3.63) is 53.9 Å². The van der Waals surface area contributed by atoms with Crippen LogP contribution in [0.5, 0.6) is 0 Å². The van der Waals surface area contributed by atoms with Gasteiger partial charge in [-0.2, -0.15) is 0 Å². The molecule has 24 heavy (non-hydrogen) atoms. The lowest BCUT2D eigenvalue weighted by atomic mass is 10.4. The third-order valence-corrected chi connectivity index (χ3v) is 4.72. The maximum atomic E-state index is 12.3. The van der Waals surface area contributed by atoms with E-state index in [1.165, 1.54) is 22.7 Å². The monoisotopic (exact) mass is 355 g/mol. The van der Waals surface area contributed by atoms with Gasteiger partial charge >= 0.3 is 0 Å². The molecule has 4 rings (SSSR count). The number of nitrogens with zero attached hydrogens (tertiary/aromatic N) is 4. The zero-order valence-electron chi connectivity index (χ0n) is 12.0. The molecule has 7 nitrogen and oxygen atoms in total. The maximum absolute atomic E-state index is 12.3. The van der Waals surface area contributed by atoms with Crippen LogP contribution >= 0.6 is 22.7 Å². The minimum Gasteiger partial charge on any atom is -0.462 e. The van der Waals surface area contributed by atoms with E-state index in [9.17, 15) is 4.79 Å². The van der Waals surface area contributed by atoms with E-state index in [2.05, 4.69) is 25.5 Å². The quantitative estimate of drug-likeness (QED) is 0.601. The van der Waals surface area contributed by atoms with Crippen molar-refractivity contribution in [2.24, 2.45) is 0 Å². The van der Waals surface area contributed by atoms with Crippen LogP contribution in [0.3, 0.4) is 0 Å². The first kappa shape index (κ1) is 14.7. The molecule has 0 bridgehead atoms. The minimum absolute atomic E-state index is 0.306. The summed E-state index contributed by atoms with van der Waals surface area (Å²) in [7, 11) is 0. The van der Waals surface area contributed by atoms with Crippen molar-refractivity contribution in [2.45, 2.75) is 0 Å². The molecule has 1 amide bonds. The second-order valence-corrected chi connectivity index (χ2v) is 6.43. The molecule has 4 aromatic heterocycles. The summed E-state index contributed by atoms with van der Waals surface area (Å²) in [5.41, 5.74) is 1.02. The van der Waals surface area contributed by atoms with Crippen LogP contribution in [-0.2, 0) is 0 Å². The number of pyridine rings is 1. The Morgan fingerprint density at radius 3 is 2.88 bits per heavy atom. The SMILES string of the molecule is O=C(Nc1nnc(-c2ccccn2)s1)c1csc(-c2ccco2)n1. The molecule has 0 aliphatic carbocycles. The van der Waals surface area contributed by atoms with Gasteiger partial charge in [0.1, 0.15) is 11.4 Å². The van der Waals surface area contributed by atoms with Crippen LogP contribution in [0.4, 0.5) is 5.13 Å². The Morgan fingerprint density at radius 1 is 1.12 bits per heavy atom. The molecule has 9 heteroatoms. The van der Waals surface area contributed by atoms with Crippen LogP contribution in [-0.4, -0.2) is 26.1 Å². The molecule has 0 radical (unpaired) electrons. The number of carbonyl (C=O) groups excluding carboxylic acids is 1. The second-order valence-electron chi connectivity index (χ2n) is 4.60. The fraction of sp³-hybridized carbons (Fsp3) is 0. The van der Waals surface area contributed by atoms with Gasteiger partial charge in [0.25, 0.3) is 5.91 Å². The first-order valence-corrected chi connectivity index (χ1v) is 8.55. The Morgan fingerprint density at radius 2 is 2.08 bits per heavy atom. The van der Waals surface area contributed by atoms with Crippen LogP contribution in [0.1, 0.15) is 10.5 Å². The molecule has 0 aliphatic rings. The number of thiazole rings is 1. The van der Waals surface area contributed by atoms with Gasteiger partial charge in [-0.1, -0.05) is 17.4 Å². The van der Waals surface area contributed by atoms with Gasteiger partial charge < -0.3 is 4.42 Å². The van der Waals surface area contributed by atoms with E-state index in [0.29, 0.717) is 32.3 Å². The normalized spacial score (nSPS) is 10.7. The predicted octanol–water partition coefficient (Wildman–Crippen LogP) is 3.57. The Bertz CT molecular complexity index is 963. The standard InChI is InChI=1S/C15H9N5O2S2/c21-12(10-8-23-14(17-10)11-5-3-7-22-11)18-15-20-19-13(24-15)9-4-1-2-6-16-9/h1-8H,(H,18,20,21). The summed E-state index contributed by atoms with van der Waals surface area (Å²) in [4.78, 5) is 20.7. The number of amides is 1. The van der Waals surface area contributed by atoms with Crippen LogP contribution in [0.15, 0.2) is 52.6 Å². The molecule has 0 atom stereocenters. The molecule has 118 valence electrons. The zero-order valence-corrected chi connectivity index (χ0v) is 13.7. The van der Waals surface area contributed by atoms with Crippen molar-refractivity contribution in [1.82, 2.24) is 20.2 Å². The van der Waals surface area contributed by atoms with Gasteiger partial charge in [0.15, 0.2) is 15.8 Å². The number of rotatable bonds is 4. The first-order chi connectivity index (χ1) is 11.8. The van der Waals surface area contributed by atoms with Crippen LogP contribution in [0, 0.1) is 0 Å². The molecule has 0 aliphatic heterocycles. The number of hydrogen-bond donors (Lipinski definition) is 1. The fourth-order valence-electron chi connectivity index (χ4n) is 1.92. The lowest BCUT2D eigenvalue weighted by Gasteiger charge is -1.96. The summed E-state index contributed by atoms with van der Waals surface area (Å²) < 4.78 is 5.27. The highest BCUT2D eigenvalue weighted by molar-refractivity contribution is 7.18. The number of aromatic nitrogens is 4. The largest absolute Gasteiger partial charge is 0.462 e. The van der Waals surface area contributed by atoms with Gasteiger partial charge in [-0.15, -0.1) is 21.5 Å². The predicted molar refractivity (Wildman–Crippen MR) is 90.9 cm³/mol. The van der Waals surface area contributed by atoms with Gasteiger partial charge in [0.05, 0.1) is 6.26 Å².